The molecule has 40 valence electrons. The van der Waals surface area contributed by atoms with E-state index in [0.717, 1.165) is 13.0 Å². The fraction of sp³-hybridized carbons (Fsp3) is 1.00. The average Bonchev–Trinajstić information content (AvgIpc) is 2.18. The van der Waals surface area contributed by atoms with Gasteiger partial charge < -0.3 is 5.32 Å². The van der Waals surface area contributed by atoms with Crippen LogP contribution in [0.1, 0.15) is 6.42 Å². The molecular weight excluding hydrogens is 93.1 g/mol. The molecule has 0 aromatic heterocycles. The minimum atomic E-state index is -0.500. The molecule has 1 saturated carbocycles. The molecule has 3 aliphatic rings. The number of nitrogens with one attached hydrogen (secondary N) is 1. The fourth-order valence-corrected chi connectivity index (χ4v) is 1.41. The van der Waals surface area contributed by atoms with Crippen molar-refractivity contribution < 1.29 is 4.39 Å². The number of rotatable bonds is 0. The molecule has 3 atom stereocenters. The van der Waals surface area contributed by atoms with Crippen LogP contribution in [0, 0.1) is 5.92 Å². The average molecular weight is 101 g/mol. The third-order valence-electron chi connectivity index (χ3n) is 2.03. The summed E-state index contributed by atoms with van der Waals surface area (Å²) in [4.78, 5) is 0. The third-order valence-corrected chi connectivity index (χ3v) is 2.03. The molecule has 0 amide bonds. The van der Waals surface area contributed by atoms with E-state index in [1.165, 1.54) is 0 Å². The molecule has 2 bridgehead atoms. The van der Waals surface area contributed by atoms with Crippen LogP contribution in [-0.2, 0) is 0 Å². The normalized spacial score (nSPS) is 57.0. The summed E-state index contributed by atoms with van der Waals surface area (Å²) in [5, 5.41) is 3.07. The first kappa shape index (κ1) is 3.84. The molecule has 1 N–H and O–H groups in total. The molecule has 2 saturated heterocycles. The molecule has 2 aliphatic heterocycles. The topological polar surface area (TPSA) is 12.0 Å². The molecule has 2 heteroatoms. The van der Waals surface area contributed by atoms with Gasteiger partial charge in [0.1, 0.15) is 6.17 Å². The van der Waals surface area contributed by atoms with Crippen molar-refractivity contribution in [3.05, 3.63) is 0 Å². The molecule has 0 aromatic carbocycles. The Morgan fingerprint density at radius 1 is 1.57 bits per heavy atom. The number of alkyl halides is 1. The van der Waals surface area contributed by atoms with Gasteiger partial charge in [0.05, 0.1) is 0 Å². The van der Waals surface area contributed by atoms with Crippen molar-refractivity contribution in [2.75, 3.05) is 6.54 Å². The number of halogens is 1. The second-order valence-electron chi connectivity index (χ2n) is 2.45. The van der Waals surface area contributed by atoms with Crippen LogP contribution in [0.2, 0.25) is 0 Å². The molecule has 0 spiro atoms. The molecular formula is C5H8FN. The summed E-state index contributed by atoms with van der Waals surface area (Å²) in [5.41, 5.74) is 0. The standard InChI is InChI=1S/C5H8FN/c6-5-3-1-4(5)7-2-3/h3-5,7H,1-2H2/t3-,4+,5-/m1/s1. The molecule has 0 radical (unpaired) electrons. The Hall–Kier alpha value is -0.110. The zero-order chi connectivity index (χ0) is 4.85. The number of hydrogen-bond acceptors (Lipinski definition) is 1. The SMILES string of the molecule is F[C@@H]1[C@H]2CN[C@H]1C2. The monoisotopic (exact) mass is 101 g/mol. The van der Waals surface area contributed by atoms with Gasteiger partial charge in [-0.3, -0.25) is 0 Å². The Morgan fingerprint density at radius 3 is 2.57 bits per heavy atom. The van der Waals surface area contributed by atoms with E-state index < -0.39 is 6.17 Å². The fourth-order valence-electron chi connectivity index (χ4n) is 1.41. The van der Waals surface area contributed by atoms with Crippen LogP contribution in [0.5, 0.6) is 0 Å². The van der Waals surface area contributed by atoms with E-state index in [0.29, 0.717) is 5.92 Å². The number of fused-ring (bicyclic) bond motifs is 1. The minimum absolute atomic E-state index is 0.241. The molecule has 0 aromatic rings. The van der Waals surface area contributed by atoms with Crippen molar-refractivity contribution in [2.24, 2.45) is 5.92 Å². The Morgan fingerprint density at radius 2 is 2.43 bits per heavy atom. The first-order chi connectivity index (χ1) is 3.38. The summed E-state index contributed by atoms with van der Waals surface area (Å²) in [6.45, 7) is 0.922. The molecule has 2 heterocycles. The highest BCUT2D eigenvalue weighted by Gasteiger charge is 2.46. The van der Waals surface area contributed by atoms with Gasteiger partial charge in [0.25, 0.3) is 0 Å². The highest BCUT2D eigenvalue weighted by molar-refractivity contribution is 5.02. The minimum Gasteiger partial charge on any atom is -0.311 e. The van der Waals surface area contributed by atoms with Gasteiger partial charge in [-0.05, 0) is 6.42 Å². The van der Waals surface area contributed by atoms with Crippen molar-refractivity contribution in [1.29, 1.82) is 0 Å². The first-order valence-corrected chi connectivity index (χ1v) is 2.75. The second kappa shape index (κ2) is 0.996. The molecule has 1 aliphatic carbocycles. The van der Waals surface area contributed by atoms with Gasteiger partial charge in [-0.15, -0.1) is 0 Å². The highest BCUT2D eigenvalue weighted by Crippen LogP contribution is 2.35. The molecule has 3 fully saturated rings. The lowest BCUT2D eigenvalue weighted by Crippen LogP contribution is -2.38. The smallest absolute Gasteiger partial charge is 0.119 e. The van der Waals surface area contributed by atoms with Crippen LogP contribution < -0.4 is 5.32 Å². The summed E-state index contributed by atoms with van der Waals surface area (Å²) >= 11 is 0. The molecule has 3 rings (SSSR count). The van der Waals surface area contributed by atoms with E-state index >= 15 is 0 Å². The maximum Gasteiger partial charge on any atom is 0.119 e. The van der Waals surface area contributed by atoms with Crippen LogP contribution >= 0.6 is 0 Å². The van der Waals surface area contributed by atoms with Gasteiger partial charge >= 0.3 is 0 Å². The molecule has 1 nitrogen and oxygen atoms in total. The number of hydrogen-bond donors (Lipinski definition) is 1. The lowest BCUT2D eigenvalue weighted by atomic mass is 9.84. The zero-order valence-electron chi connectivity index (χ0n) is 4.02. The van der Waals surface area contributed by atoms with Crippen LogP contribution in [0.4, 0.5) is 4.39 Å². The highest BCUT2D eigenvalue weighted by atomic mass is 19.1. The largest absolute Gasteiger partial charge is 0.311 e. The summed E-state index contributed by atoms with van der Waals surface area (Å²) in [6, 6.07) is 0.241. The zero-order valence-corrected chi connectivity index (χ0v) is 4.02. The van der Waals surface area contributed by atoms with Crippen molar-refractivity contribution in [3.8, 4) is 0 Å². The van der Waals surface area contributed by atoms with Crippen molar-refractivity contribution in [3.63, 3.8) is 0 Å². The quantitative estimate of drug-likeness (QED) is 0.463. The van der Waals surface area contributed by atoms with Crippen molar-refractivity contribution >= 4 is 0 Å². The molecule has 0 unspecified atom stereocenters. The second-order valence-corrected chi connectivity index (χ2v) is 2.45. The first-order valence-electron chi connectivity index (χ1n) is 2.75. The van der Waals surface area contributed by atoms with Gasteiger partial charge in [0, 0.05) is 18.5 Å². The summed E-state index contributed by atoms with van der Waals surface area (Å²) < 4.78 is 12.3. The van der Waals surface area contributed by atoms with E-state index in [9.17, 15) is 4.39 Å². The lowest BCUT2D eigenvalue weighted by molar-refractivity contribution is 0.141. The van der Waals surface area contributed by atoms with E-state index in [2.05, 4.69) is 5.32 Å². The van der Waals surface area contributed by atoms with Crippen LogP contribution in [-0.4, -0.2) is 18.8 Å². The van der Waals surface area contributed by atoms with Crippen molar-refractivity contribution in [2.45, 2.75) is 18.6 Å². The van der Waals surface area contributed by atoms with Crippen LogP contribution in [0.15, 0.2) is 0 Å². The van der Waals surface area contributed by atoms with Gasteiger partial charge in [-0.1, -0.05) is 0 Å². The predicted octanol–water partition coefficient (Wildman–Crippen LogP) is 0.316. The van der Waals surface area contributed by atoms with E-state index in [1.807, 2.05) is 0 Å². The maximum absolute atomic E-state index is 12.3. The Bertz CT molecular complexity index is 80.1. The Labute approximate surface area is 41.9 Å². The van der Waals surface area contributed by atoms with Crippen molar-refractivity contribution in [1.82, 2.24) is 5.32 Å². The maximum atomic E-state index is 12.3. The summed E-state index contributed by atoms with van der Waals surface area (Å²) in [5.74, 6) is 0.380. The van der Waals surface area contributed by atoms with E-state index in [-0.39, 0.29) is 6.04 Å². The lowest BCUT2D eigenvalue weighted by Gasteiger charge is -2.26. The van der Waals surface area contributed by atoms with E-state index in [1.54, 1.807) is 0 Å². The Kier molecular flexibility index (Phi) is 0.546. The van der Waals surface area contributed by atoms with E-state index in [4.69, 9.17) is 0 Å². The van der Waals surface area contributed by atoms with Crippen LogP contribution in [0.25, 0.3) is 0 Å². The van der Waals surface area contributed by atoms with Gasteiger partial charge in [-0.25, -0.2) is 4.39 Å². The van der Waals surface area contributed by atoms with Gasteiger partial charge in [0.2, 0.25) is 0 Å². The third kappa shape index (κ3) is 0.312. The Balaban J connectivity index is 2.14. The van der Waals surface area contributed by atoms with Gasteiger partial charge in [-0.2, -0.15) is 0 Å². The summed E-state index contributed by atoms with van der Waals surface area (Å²) in [7, 11) is 0. The summed E-state index contributed by atoms with van der Waals surface area (Å²) in [6.07, 6.45) is 0.584. The predicted molar refractivity (Wildman–Crippen MR) is 24.8 cm³/mol. The van der Waals surface area contributed by atoms with Gasteiger partial charge in [0.15, 0.2) is 0 Å². The molecule has 7 heavy (non-hydrogen) atoms. The van der Waals surface area contributed by atoms with Crippen LogP contribution in [0.3, 0.4) is 0 Å².